The minimum Gasteiger partial charge on any atom is -0.357 e. The van der Waals surface area contributed by atoms with E-state index in [9.17, 15) is 0 Å². The fraction of sp³-hybridized carbons (Fsp3) is 0.600. The first kappa shape index (κ1) is 12.4. The van der Waals surface area contributed by atoms with Crippen LogP contribution in [0.15, 0.2) is 6.07 Å². The summed E-state index contributed by atoms with van der Waals surface area (Å²) in [6, 6.07) is 2.24. The van der Waals surface area contributed by atoms with E-state index in [1.165, 1.54) is 42.6 Å². The predicted octanol–water partition coefficient (Wildman–Crippen LogP) is 3.28. The molecule has 2 aliphatic rings. The van der Waals surface area contributed by atoms with Crippen molar-refractivity contribution in [3.05, 3.63) is 10.9 Å². The Labute approximate surface area is 123 Å². The van der Waals surface area contributed by atoms with E-state index in [4.69, 9.17) is 4.98 Å². The Bertz CT molecular complexity index is 639. The standard InChI is InChI=1S/C15H20N4S/c1-9-6-12-13(17-15(16-2)18-14(12)20-9)19-7-10-4-3-5-11(10)8-19/h6,10-11H,3-5,7-8H2,1-2H3,(H,16,17,18). The summed E-state index contributed by atoms with van der Waals surface area (Å²) in [5.74, 6) is 3.65. The Morgan fingerprint density at radius 1 is 1.25 bits per heavy atom. The van der Waals surface area contributed by atoms with Gasteiger partial charge in [-0.05, 0) is 37.7 Å². The Hall–Kier alpha value is -1.36. The van der Waals surface area contributed by atoms with Gasteiger partial charge in [0.15, 0.2) is 0 Å². The van der Waals surface area contributed by atoms with Gasteiger partial charge in [0, 0.05) is 25.0 Å². The molecule has 20 heavy (non-hydrogen) atoms. The summed E-state index contributed by atoms with van der Waals surface area (Å²) in [7, 11) is 1.89. The third kappa shape index (κ3) is 1.87. The molecule has 0 spiro atoms. The fourth-order valence-electron chi connectivity index (χ4n) is 3.79. The van der Waals surface area contributed by atoms with E-state index in [0.717, 1.165) is 28.4 Å². The highest BCUT2D eigenvalue weighted by atomic mass is 32.1. The first-order chi connectivity index (χ1) is 9.74. The molecule has 1 aliphatic carbocycles. The summed E-state index contributed by atoms with van der Waals surface area (Å²) in [6.45, 7) is 4.50. The Morgan fingerprint density at radius 3 is 2.70 bits per heavy atom. The van der Waals surface area contributed by atoms with Gasteiger partial charge < -0.3 is 10.2 Å². The van der Waals surface area contributed by atoms with Gasteiger partial charge in [0.25, 0.3) is 0 Å². The van der Waals surface area contributed by atoms with Gasteiger partial charge in [-0.2, -0.15) is 4.98 Å². The lowest BCUT2D eigenvalue weighted by molar-refractivity contribution is 0.494. The molecule has 0 bridgehead atoms. The highest BCUT2D eigenvalue weighted by molar-refractivity contribution is 7.18. The fourth-order valence-corrected chi connectivity index (χ4v) is 4.66. The van der Waals surface area contributed by atoms with Crippen LogP contribution < -0.4 is 10.2 Å². The number of aryl methyl sites for hydroxylation is 1. The summed E-state index contributed by atoms with van der Waals surface area (Å²) >= 11 is 1.76. The summed E-state index contributed by atoms with van der Waals surface area (Å²) in [5, 5.41) is 4.33. The van der Waals surface area contributed by atoms with Crippen molar-refractivity contribution in [3.8, 4) is 0 Å². The van der Waals surface area contributed by atoms with Crippen molar-refractivity contribution in [2.45, 2.75) is 26.2 Å². The van der Waals surface area contributed by atoms with E-state index in [1.807, 2.05) is 7.05 Å². The monoisotopic (exact) mass is 288 g/mol. The smallest absolute Gasteiger partial charge is 0.225 e. The van der Waals surface area contributed by atoms with E-state index in [-0.39, 0.29) is 0 Å². The molecule has 4 rings (SSSR count). The van der Waals surface area contributed by atoms with Gasteiger partial charge in [0.2, 0.25) is 5.95 Å². The molecule has 1 saturated carbocycles. The van der Waals surface area contributed by atoms with E-state index in [2.05, 4.69) is 28.2 Å². The summed E-state index contributed by atoms with van der Waals surface area (Å²) in [6.07, 6.45) is 4.22. The molecule has 3 heterocycles. The van der Waals surface area contributed by atoms with Crippen LogP contribution in [0.2, 0.25) is 0 Å². The van der Waals surface area contributed by atoms with Gasteiger partial charge in [-0.1, -0.05) is 6.42 Å². The van der Waals surface area contributed by atoms with Crippen molar-refractivity contribution < 1.29 is 0 Å². The molecule has 2 fully saturated rings. The molecular formula is C15H20N4S. The summed E-state index contributed by atoms with van der Waals surface area (Å²) < 4.78 is 0. The normalized spacial score (nSPS) is 25.4. The first-order valence-corrected chi connectivity index (χ1v) is 8.27. The molecule has 2 aromatic rings. The van der Waals surface area contributed by atoms with E-state index >= 15 is 0 Å². The van der Waals surface area contributed by atoms with Gasteiger partial charge in [-0.15, -0.1) is 11.3 Å². The lowest BCUT2D eigenvalue weighted by atomic mass is 10.0. The van der Waals surface area contributed by atoms with Gasteiger partial charge in [0.05, 0.1) is 5.39 Å². The average Bonchev–Trinajstić information content (AvgIpc) is 3.08. The number of nitrogens with one attached hydrogen (secondary N) is 1. The van der Waals surface area contributed by atoms with Crippen LogP contribution in [0.4, 0.5) is 11.8 Å². The third-order valence-corrected chi connectivity index (χ3v) is 5.69. The lowest BCUT2D eigenvalue weighted by Gasteiger charge is -2.19. The molecular weight excluding hydrogens is 268 g/mol. The molecule has 0 radical (unpaired) electrons. The molecule has 0 aromatic carbocycles. The van der Waals surface area contributed by atoms with Gasteiger partial charge in [-0.3, -0.25) is 0 Å². The quantitative estimate of drug-likeness (QED) is 0.921. The maximum absolute atomic E-state index is 4.75. The van der Waals surface area contributed by atoms with Gasteiger partial charge in [-0.25, -0.2) is 4.98 Å². The molecule has 1 N–H and O–H groups in total. The van der Waals surface area contributed by atoms with Crippen LogP contribution in [-0.4, -0.2) is 30.1 Å². The molecule has 2 aromatic heterocycles. The van der Waals surface area contributed by atoms with Crippen LogP contribution in [0, 0.1) is 18.8 Å². The maximum Gasteiger partial charge on any atom is 0.225 e. The van der Waals surface area contributed by atoms with Crippen LogP contribution in [0.1, 0.15) is 24.1 Å². The largest absolute Gasteiger partial charge is 0.357 e. The van der Waals surface area contributed by atoms with Crippen molar-refractivity contribution in [3.63, 3.8) is 0 Å². The average molecular weight is 288 g/mol. The second-order valence-electron chi connectivity index (χ2n) is 6.05. The summed E-state index contributed by atoms with van der Waals surface area (Å²) in [4.78, 5) is 14.2. The number of anilines is 2. The summed E-state index contributed by atoms with van der Waals surface area (Å²) in [5.41, 5.74) is 0. The highest BCUT2D eigenvalue weighted by Crippen LogP contribution is 2.41. The molecule has 5 heteroatoms. The first-order valence-electron chi connectivity index (χ1n) is 7.45. The molecule has 106 valence electrons. The van der Waals surface area contributed by atoms with Crippen LogP contribution in [0.5, 0.6) is 0 Å². The number of nitrogens with zero attached hydrogens (tertiary/aromatic N) is 3. The Balaban J connectivity index is 1.78. The van der Waals surface area contributed by atoms with Crippen LogP contribution in [0.25, 0.3) is 10.2 Å². The van der Waals surface area contributed by atoms with Crippen molar-refractivity contribution >= 4 is 33.3 Å². The second kappa shape index (κ2) is 4.58. The van der Waals surface area contributed by atoms with Gasteiger partial charge >= 0.3 is 0 Å². The lowest BCUT2D eigenvalue weighted by Crippen LogP contribution is -2.22. The molecule has 2 unspecified atom stereocenters. The zero-order chi connectivity index (χ0) is 13.7. The number of thiophene rings is 1. The SMILES string of the molecule is CNc1nc(N2CC3CCCC3C2)c2cc(C)sc2n1. The van der Waals surface area contributed by atoms with Crippen molar-refractivity contribution in [2.75, 3.05) is 30.4 Å². The van der Waals surface area contributed by atoms with E-state index in [0.29, 0.717) is 0 Å². The van der Waals surface area contributed by atoms with Crippen molar-refractivity contribution in [1.29, 1.82) is 0 Å². The topological polar surface area (TPSA) is 41.1 Å². The minimum atomic E-state index is 0.742. The third-order valence-electron chi connectivity index (χ3n) is 4.75. The zero-order valence-corrected chi connectivity index (χ0v) is 12.8. The molecule has 0 amide bonds. The maximum atomic E-state index is 4.75. The van der Waals surface area contributed by atoms with E-state index in [1.54, 1.807) is 11.3 Å². The number of rotatable bonds is 2. The molecule has 1 aliphatic heterocycles. The van der Waals surface area contributed by atoms with Crippen molar-refractivity contribution in [1.82, 2.24) is 9.97 Å². The second-order valence-corrected chi connectivity index (χ2v) is 7.29. The van der Waals surface area contributed by atoms with Crippen molar-refractivity contribution in [2.24, 2.45) is 11.8 Å². The molecule has 4 nitrogen and oxygen atoms in total. The molecule has 1 saturated heterocycles. The van der Waals surface area contributed by atoms with Gasteiger partial charge in [0.1, 0.15) is 10.6 Å². The number of fused-ring (bicyclic) bond motifs is 2. The Morgan fingerprint density at radius 2 is 2.00 bits per heavy atom. The highest BCUT2D eigenvalue weighted by Gasteiger charge is 2.37. The zero-order valence-electron chi connectivity index (χ0n) is 12.0. The van der Waals surface area contributed by atoms with E-state index < -0.39 is 0 Å². The van der Waals surface area contributed by atoms with Crippen LogP contribution in [-0.2, 0) is 0 Å². The van der Waals surface area contributed by atoms with Crippen LogP contribution in [0.3, 0.4) is 0 Å². The number of aromatic nitrogens is 2. The number of hydrogen-bond acceptors (Lipinski definition) is 5. The number of hydrogen-bond donors (Lipinski definition) is 1. The Kier molecular flexibility index (Phi) is 2.84. The molecule has 2 atom stereocenters. The minimum absolute atomic E-state index is 0.742. The van der Waals surface area contributed by atoms with Crippen LogP contribution >= 0.6 is 11.3 Å². The predicted molar refractivity (Wildman–Crippen MR) is 84.7 cm³/mol.